The zero-order chi connectivity index (χ0) is 22.3. The first-order valence-electron chi connectivity index (χ1n) is 12.9. The van der Waals surface area contributed by atoms with Crippen LogP contribution in [0, 0.1) is 0 Å². The summed E-state index contributed by atoms with van der Waals surface area (Å²) in [6.07, 6.45) is 24.2. The Labute approximate surface area is 186 Å². The van der Waals surface area contributed by atoms with Gasteiger partial charge in [0.25, 0.3) is 0 Å². The van der Waals surface area contributed by atoms with Gasteiger partial charge in [-0.15, -0.1) is 0 Å². The summed E-state index contributed by atoms with van der Waals surface area (Å²) in [5.74, 6) is -0.0722. The third-order valence-corrected chi connectivity index (χ3v) is 5.77. The second kappa shape index (κ2) is 22.8. The number of allylic oxidation sites excluding steroid dienone is 1. The maximum absolute atomic E-state index is 12.1. The molecule has 0 aromatic heterocycles. The first-order chi connectivity index (χ1) is 14.7. The molecule has 0 aromatic rings. The smallest absolute Gasteiger partial charge is 0.220 e. The van der Waals surface area contributed by atoms with Crippen molar-refractivity contribution in [2.75, 3.05) is 6.61 Å². The molecule has 0 saturated carbocycles. The van der Waals surface area contributed by atoms with Gasteiger partial charge in [-0.25, -0.2) is 0 Å². The fourth-order valence-corrected chi connectivity index (χ4v) is 3.70. The predicted molar refractivity (Wildman–Crippen MR) is 129 cm³/mol. The molecule has 0 heterocycles. The Bertz CT molecular complexity index is 398. The zero-order valence-corrected chi connectivity index (χ0v) is 20.0. The van der Waals surface area contributed by atoms with Crippen molar-refractivity contribution in [2.45, 2.75) is 142 Å². The highest BCUT2D eigenvalue weighted by Gasteiger charge is 2.17. The molecule has 0 aliphatic heterocycles. The lowest BCUT2D eigenvalue weighted by atomic mass is 10.1. The Kier molecular flexibility index (Phi) is 22.1. The van der Waals surface area contributed by atoms with Gasteiger partial charge in [0.1, 0.15) is 0 Å². The molecule has 0 rings (SSSR count). The highest BCUT2D eigenvalue weighted by atomic mass is 16.3. The van der Waals surface area contributed by atoms with Gasteiger partial charge in [-0.3, -0.25) is 4.79 Å². The molecule has 2 atom stereocenters. The lowest BCUT2D eigenvalue weighted by Gasteiger charge is -2.20. The van der Waals surface area contributed by atoms with E-state index in [2.05, 4.69) is 19.2 Å². The molecule has 0 radical (unpaired) electrons. The van der Waals surface area contributed by atoms with Crippen LogP contribution >= 0.6 is 0 Å². The quantitative estimate of drug-likeness (QED) is 0.138. The molecule has 3 N–H and O–H groups in total. The Morgan fingerprint density at radius 2 is 1.23 bits per heavy atom. The Balaban J connectivity index is 3.74. The van der Waals surface area contributed by atoms with E-state index in [4.69, 9.17) is 0 Å². The van der Waals surface area contributed by atoms with Crippen LogP contribution in [0.3, 0.4) is 0 Å². The normalized spacial score (nSPS) is 13.6. The fraction of sp³-hybridized carbons (Fsp3) is 0.885. The van der Waals surface area contributed by atoms with Crippen LogP contribution in [0.2, 0.25) is 0 Å². The van der Waals surface area contributed by atoms with Crippen LogP contribution in [0.5, 0.6) is 0 Å². The highest BCUT2D eigenvalue weighted by molar-refractivity contribution is 5.76. The number of aliphatic hydroxyl groups excluding tert-OH is 2. The van der Waals surface area contributed by atoms with Gasteiger partial charge in [0.05, 0.1) is 18.8 Å². The van der Waals surface area contributed by atoms with Crippen molar-refractivity contribution in [3.05, 3.63) is 12.2 Å². The van der Waals surface area contributed by atoms with Gasteiger partial charge in [-0.2, -0.15) is 0 Å². The number of rotatable bonds is 22. The van der Waals surface area contributed by atoms with Crippen molar-refractivity contribution in [3.8, 4) is 0 Å². The van der Waals surface area contributed by atoms with Crippen molar-refractivity contribution in [1.82, 2.24) is 5.32 Å². The molecule has 178 valence electrons. The zero-order valence-electron chi connectivity index (χ0n) is 20.0. The lowest BCUT2D eigenvalue weighted by Crippen LogP contribution is -2.45. The maximum Gasteiger partial charge on any atom is 0.220 e. The van der Waals surface area contributed by atoms with E-state index >= 15 is 0 Å². The molecule has 0 aliphatic rings. The molecule has 2 unspecified atom stereocenters. The van der Waals surface area contributed by atoms with E-state index in [1.807, 2.05) is 6.08 Å². The van der Waals surface area contributed by atoms with Crippen LogP contribution in [0.4, 0.5) is 0 Å². The predicted octanol–water partition coefficient (Wildman–Crippen LogP) is 6.44. The lowest BCUT2D eigenvalue weighted by molar-refractivity contribution is -0.123. The Morgan fingerprint density at radius 3 is 1.73 bits per heavy atom. The molecule has 1 amide bonds. The topological polar surface area (TPSA) is 69.6 Å². The minimum atomic E-state index is -0.827. The maximum atomic E-state index is 12.1. The molecule has 4 heteroatoms. The molecule has 0 aliphatic carbocycles. The first-order valence-corrected chi connectivity index (χ1v) is 12.9. The van der Waals surface area contributed by atoms with Gasteiger partial charge in [-0.1, -0.05) is 116 Å². The van der Waals surface area contributed by atoms with Gasteiger partial charge in [0, 0.05) is 6.42 Å². The minimum absolute atomic E-state index is 0.0722. The SMILES string of the molecule is CCCCCCCC/C=C/C(O)C(CO)NC(=O)CCCCCCCCCCCC. The largest absolute Gasteiger partial charge is 0.394 e. The second-order valence-electron chi connectivity index (χ2n) is 8.76. The number of amides is 1. The van der Waals surface area contributed by atoms with Gasteiger partial charge in [0.2, 0.25) is 5.91 Å². The number of unbranched alkanes of at least 4 members (excludes halogenated alkanes) is 15. The van der Waals surface area contributed by atoms with Gasteiger partial charge in [-0.05, 0) is 19.3 Å². The summed E-state index contributed by atoms with van der Waals surface area (Å²) in [6, 6.07) is -0.610. The summed E-state index contributed by atoms with van der Waals surface area (Å²) >= 11 is 0. The van der Waals surface area contributed by atoms with E-state index in [1.165, 1.54) is 83.5 Å². The van der Waals surface area contributed by atoms with E-state index in [1.54, 1.807) is 6.08 Å². The van der Waals surface area contributed by atoms with Crippen molar-refractivity contribution < 1.29 is 15.0 Å². The molecule has 0 saturated heterocycles. The van der Waals surface area contributed by atoms with E-state index < -0.39 is 12.1 Å². The van der Waals surface area contributed by atoms with Crippen LogP contribution < -0.4 is 5.32 Å². The Hall–Kier alpha value is -0.870. The van der Waals surface area contributed by atoms with Crippen LogP contribution in [-0.2, 0) is 4.79 Å². The number of hydrogen-bond acceptors (Lipinski definition) is 3. The Morgan fingerprint density at radius 1 is 0.767 bits per heavy atom. The molecular formula is C26H51NO3. The first kappa shape index (κ1) is 29.1. The van der Waals surface area contributed by atoms with Crippen LogP contribution in [0.15, 0.2) is 12.2 Å². The molecule has 0 aromatic carbocycles. The number of hydrogen-bond donors (Lipinski definition) is 3. The third-order valence-electron chi connectivity index (χ3n) is 5.77. The third kappa shape index (κ3) is 19.1. The van der Waals surface area contributed by atoms with E-state index in [0.717, 1.165) is 25.7 Å². The summed E-state index contributed by atoms with van der Waals surface area (Å²) in [5, 5.41) is 22.5. The van der Waals surface area contributed by atoms with Crippen molar-refractivity contribution in [2.24, 2.45) is 0 Å². The standard InChI is InChI=1S/C26H51NO3/c1-3-5-7-9-11-13-14-16-18-20-22-26(30)27-24(23-28)25(29)21-19-17-15-12-10-8-6-4-2/h19,21,24-25,28-29H,3-18,20,22-23H2,1-2H3,(H,27,30)/b21-19+. The number of carbonyl (C=O) groups excluding carboxylic acids is 1. The van der Waals surface area contributed by atoms with E-state index in [0.29, 0.717) is 6.42 Å². The number of carbonyl (C=O) groups is 1. The van der Waals surface area contributed by atoms with Gasteiger partial charge in [0.15, 0.2) is 0 Å². The van der Waals surface area contributed by atoms with Crippen molar-refractivity contribution >= 4 is 5.91 Å². The molecular weight excluding hydrogens is 374 g/mol. The number of aliphatic hydroxyl groups is 2. The van der Waals surface area contributed by atoms with Crippen molar-refractivity contribution in [3.63, 3.8) is 0 Å². The molecule has 30 heavy (non-hydrogen) atoms. The number of nitrogens with one attached hydrogen (secondary N) is 1. The molecule has 4 nitrogen and oxygen atoms in total. The van der Waals surface area contributed by atoms with Gasteiger partial charge < -0.3 is 15.5 Å². The molecule has 0 spiro atoms. The van der Waals surface area contributed by atoms with E-state index in [-0.39, 0.29) is 12.5 Å². The summed E-state index contributed by atoms with van der Waals surface area (Å²) in [6.45, 7) is 4.22. The minimum Gasteiger partial charge on any atom is -0.394 e. The average molecular weight is 426 g/mol. The van der Waals surface area contributed by atoms with Crippen LogP contribution in [0.25, 0.3) is 0 Å². The molecule has 0 fully saturated rings. The van der Waals surface area contributed by atoms with Crippen LogP contribution in [0.1, 0.15) is 129 Å². The summed E-state index contributed by atoms with van der Waals surface area (Å²) in [4.78, 5) is 12.1. The fourth-order valence-electron chi connectivity index (χ4n) is 3.70. The summed E-state index contributed by atoms with van der Waals surface area (Å²) < 4.78 is 0. The molecule has 0 bridgehead atoms. The monoisotopic (exact) mass is 425 g/mol. The van der Waals surface area contributed by atoms with Crippen molar-refractivity contribution in [1.29, 1.82) is 0 Å². The van der Waals surface area contributed by atoms with Crippen LogP contribution in [-0.4, -0.2) is 34.9 Å². The van der Waals surface area contributed by atoms with Gasteiger partial charge >= 0.3 is 0 Å². The summed E-state index contributed by atoms with van der Waals surface area (Å²) in [7, 11) is 0. The summed E-state index contributed by atoms with van der Waals surface area (Å²) in [5.41, 5.74) is 0. The average Bonchev–Trinajstić information content (AvgIpc) is 2.75. The highest BCUT2D eigenvalue weighted by Crippen LogP contribution is 2.11. The second-order valence-corrected chi connectivity index (χ2v) is 8.76. The van der Waals surface area contributed by atoms with E-state index in [9.17, 15) is 15.0 Å².